The molecular weight excluding hydrogens is 360 g/mol. The van der Waals surface area contributed by atoms with Crippen LogP contribution < -0.4 is 26.3 Å². The highest BCUT2D eigenvalue weighted by Crippen LogP contribution is 2.14. The zero-order chi connectivity index (χ0) is 20.4. The number of aliphatic imine (C=N–C) groups is 1. The van der Waals surface area contributed by atoms with Gasteiger partial charge in [-0.2, -0.15) is 0 Å². The summed E-state index contributed by atoms with van der Waals surface area (Å²) < 4.78 is 10.7. The third kappa shape index (κ3) is 7.36. The first-order valence-electron chi connectivity index (χ1n) is 8.75. The molecule has 1 amide bonds. The molecule has 2 aromatic carbocycles. The minimum atomic E-state index is -0.690. The summed E-state index contributed by atoms with van der Waals surface area (Å²) in [6, 6.07) is 15.2. The van der Waals surface area contributed by atoms with Crippen LogP contribution in [0.15, 0.2) is 59.6 Å². The molecule has 0 heterocycles. The second-order valence-electron chi connectivity index (χ2n) is 6.01. The molecule has 0 aromatic heterocycles. The Morgan fingerprint density at radius 2 is 1.71 bits per heavy atom. The highest BCUT2D eigenvalue weighted by Gasteiger charge is 2.19. The quantitative estimate of drug-likeness (QED) is 0.342. The van der Waals surface area contributed by atoms with Gasteiger partial charge in [-0.15, -0.1) is 0 Å². The highest BCUT2D eigenvalue weighted by molar-refractivity contribution is 5.86. The molecular formula is C20H24N4O4. The van der Waals surface area contributed by atoms with Gasteiger partial charge in [0.2, 0.25) is 0 Å². The first-order valence-corrected chi connectivity index (χ1v) is 8.75. The van der Waals surface area contributed by atoms with E-state index >= 15 is 0 Å². The zero-order valence-electron chi connectivity index (χ0n) is 15.6. The molecule has 1 unspecified atom stereocenters. The maximum atomic E-state index is 12.0. The smallest absolute Gasteiger partial charge is 0.413 e. The van der Waals surface area contributed by atoms with E-state index in [1.165, 1.54) is 6.92 Å². The molecule has 28 heavy (non-hydrogen) atoms. The zero-order valence-corrected chi connectivity index (χ0v) is 15.6. The Bertz CT molecular complexity index is 803. The molecule has 0 aliphatic heterocycles. The Balaban J connectivity index is 1.88. The fraction of sp³-hybridized carbons (Fsp3) is 0.250. The van der Waals surface area contributed by atoms with Crippen LogP contribution in [0.1, 0.15) is 12.5 Å². The van der Waals surface area contributed by atoms with E-state index in [0.717, 1.165) is 5.56 Å². The van der Waals surface area contributed by atoms with Gasteiger partial charge in [-0.05, 0) is 43.2 Å². The molecule has 5 N–H and O–H groups in total. The van der Waals surface area contributed by atoms with Crippen LogP contribution in [0, 0.1) is 0 Å². The Hall–Kier alpha value is -3.55. The number of Topliss-reactive ketones (excluding diaryl/α,β-unsaturated/α-hetero) is 1. The molecule has 0 saturated carbocycles. The number of hydrogen-bond acceptors (Lipinski definition) is 5. The molecule has 2 rings (SSSR count). The van der Waals surface area contributed by atoms with E-state index in [-0.39, 0.29) is 11.7 Å². The monoisotopic (exact) mass is 384 g/mol. The van der Waals surface area contributed by atoms with Crippen LogP contribution in [0.2, 0.25) is 0 Å². The van der Waals surface area contributed by atoms with Gasteiger partial charge in [-0.3, -0.25) is 9.79 Å². The van der Waals surface area contributed by atoms with Crippen molar-refractivity contribution in [3.8, 4) is 11.5 Å². The summed E-state index contributed by atoms with van der Waals surface area (Å²) in [6.07, 6.45) is -0.334. The third-order valence-electron chi connectivity index (χ3n) is 3.75. The van der Waals surface area contributed by atoms with Crippen molar-refractivity contribution in [2.24, 2.45) is 16.5 Å². The number of ether oxygens (including phenoxy) is 2. The van der Waals surface area contributed by atoms with Crippen LogP contribution >= 0.6 is 0 Å². The Morgan fingerprint density at radius 3 is 2.32 bits per heavy atom. The van der Waals surface area contributed by atoms with Gasteiger partial charge in [0.1, 0.15) is 18.1 Å². The van der Waals surface area contributed by atoms with E-state index in [4.69, 9.17) is 20.9 Å². The molecule has 0 saturated heterocycles. The first kappa shape index (κ1) is 20.8. The SMILES string of the molecule is CC(=O)C(Cc1ccc(OCCN=C(N)N)cc1)NC(=O)Oc1ccccc1. The van der Waals surface area contributed by atoms with E-state index in [2.05, 4.69) is 10.3 Å². The molecule has 0 radical (unpaired) electrons. The van der Waals surface area contributed by atoms with Crippen LogP contribution in [-0.4, -0.2) is 37.0 Å². The normalized spacial score (nSPS) is 11.2. The summed E-state index contributed by atoms with van der Waals surface area (Å²) in [7, 11) is 0. The highest BCUT2D eigenvalue weighted by atomic mass is 16.6. The summed E-state index contributed by atoms with van der Waals surface area (Å²) in [6.45, 7) is 2.14. The number of hydrogen-bond donors (Lipinski definition) is 3. The Labute approximate surface area is 163 Å². The van der Waals surface area contributed by atoms with Crippen molar-refractivity contribution in [2.45, 2.75) is 19.4 Å². The molecule has 0 aliphatic carbocycles. The second kappa shape index (κ2) is 10.6. The van der Waals surface area contributed by atoms with Crippen LogP contribution in [0.5, 0.6) is 11.5 Å². The van der Waals surface area contributed by atoms with Crippen LogP contribution in [-0.2, 0) is 11.2 Å². The predicted octanol–water partition coefficient (Wildman–Crippen LogP) is 1.63. The van der Waals surface area contributed by atoms with Gasteiger partial charge in [-0.25, -0.2) is 4.79 Å². The van der Waals surface area contributed by atoms with Gasteiger partial charge in [-0.1, -0.05) is 30.3 Å². The van der Waals surface area contributed by atoms with Gasteiger partial charge < -0.3 is 26.3 Å². The van der Waals surface area contributed by atoms with Crippen molar-refractivity contribution < 1.29 is 19.1 Å². The van der Waals surface area contributed by atoms with E-state index in [1.807, 2.05) is 18.2 Å². The summed E-state index contributed by atoms with van der Waals surface area (Å²) in [4.78, 5) is 27.8. The van der Waals surface area contributed by atoms with Gasteiger partial charge in [0.15, 0.2) is 11.7 Å². The topological polar surface area (TPSA) is 129 Å². The average molecular weight is 384 g/mol. The first-order chi connectivity index (χ1) is 13.4. The van der Waals surface area contributed by atoms with Crippen molar-refractivity contribution in [2.75, 3.05) is 13.2 Å². The number of rotatable bonds is 9. The molecule has 1 atom stereocenters. The average Bonchev–Trinajstić information content (AvgIpc) is 2.66. The fourth-order valence-corrected chi connectivity index (χ4v) is 2.36. The lowest BCUT2D eigenvalue weighted by Crippen LogP contribution is -2.42. The summed E-state index contributed by atoms with van der Waals surface area (Å²) in [5, 5.41) is 2.60. The molecule has 0 fully saturated rings. The van der Waals surface area contributed by atoms with Gasteiger partial charge in [0, 0.05) is 0 Å². The number of amides is 1. The molecule has 0 spiro atoms. The van der Waals surface area contributed by atoms with Crippen molar-refractivity contribution in [3.05, 3.63) is 60.2 Å². The van der Waals surface area contributed by atoms with E-state index in [1.54, 1.807) is 36.4 Å². The molecule has 0 bridgehead atoms. The maximum Gasteiger partial charge on any atom is 0.413 e. The maximum absolute atomic E-state index is 12.0. The number of nitrogens with one attached hydrogen (secondary N) is 1. The minimum Gasteiger partial charge on any atom is -0.492 e. The van der Waals surface area contributed by atoms with E-state index < -0.39 is 12.1 Å². The lowest BCUT2D eigenvalue weighted by atomic mass is 10.0. The summed E-state index contributed by atoms with van der Waals surface area (Å²) in [5.41, 5.74) is 11.4. The lowest BCUT2D eigenvalue weighted by molar-refractivity contribution is -0.118. The van der Waals surface area contributed by atoms with Gasteiger partial charge in [0.25, 0.3) is 0 Å². The third-order valence-corrected chi connectivity index (χ3v) is 3.75. The van der Waals surface area contributed by atoms with Crippen molar-refractivity contribution >= 4 is 17.8 Å². The number of nitrogens with zero attached hydrogens (tertiary/aromatic N) is 1. The summed E-state index contributed by atoms with van der Waals surface area (Å²) in [5.74, 6) is 0.921. The largest absolute Gasteiger partial charge is 0.492 e. The van der Waals surface area contributed by atoms with Crippen molar-refractivity contribution in [1.82, 2.24) is 5.32 Å². The molecule has 2 aromatic rings. The minimum absolute atomic E-state index is 0.0208. The number of ketones is 1. The number of para-hydroxylation sites is 1. The summed E-state index contributed by atoms with van der Waals surface area (Å²) >= 11 is 0. The van der Waals surface area contributed by atoms with E-state index in [0.29, 0.717) is 31.1 Å². The number of carbonyl (C=O) groups is 2. The second-order valence-corrected chi connectivity index (χ2v) is 6.01. The Kier molecular flexibility index (Phi) is 7.83. The van der Waals surface area contributed by atoms with Crippen LogP contribution in [0.4, 0.5) is 4.79 Å². The van der Waals surface area contributed by atoms with Crippen molar-refractivity contribution in [3.63, 3.8) is 0 Å². The molecule has 0 aliphatic rings. The number of guanidine groups is 1. The fourth-order valence-electron chi connectivity index (χ4n) is 2.36. The van der Waals surface area contributed by atoms with Gasteiger partial charge >= 0.3 is 6.09 Å². The van der Waals surface area contributed by atoms with Crippen LogP contribution in [0.25, 0.3) is 0 Å². The molecule has 8 heteroatoms. The molecule has 8 nitrogen and oxygen atoms in total. The predicted molar refractivity (Wildman–Crippen MR) is 106 cm³/mol. The molecule has 148 valence electrons. The lowest BCUT2D eigenvalue weighted by Gasteiger charge is -2.16. The van der Waals surface area contributed by atoms with E-state index in [9.17, 15) is 9.59 Å². The number of carbonyl (C=O) groups excluding carboxylic acids is 2. The number of benzene rings is 2. The van der Waals surface area contributed by atoms with Crippen LogP contribution in [0.3, 0.4) is 0 Å². The standard InChI is InChI=1S/C20H24N4O4/c1-14(25)18(24-20(26)28-17-5-3-2-4-6-17)13-15-7-9-16(10-8-15)27-12-11-23-19(21)22/h2-10,18H,11-13H2,1H3,(H,24,26)(H4,21,22,23). The number of nitrogens with two attached hydrogens (primary N) is 2. The van der Waals surface area contributed by atoms with Gasteiger partial charge in [0.05, 0.1) is 12.6 Å². The Morgan fingerprint density at radius 1 is 1.04 bits per heavy atom. The van der Waals surface area contributed by atoms with Crippen molar-refractivity contribution in [1.29, 1.82) is 0 Å².